The van der Waals surface area contributed by atoms with Gasteiger partial charge in [-0.15, -0.1) is 5.10 Å². The molecule has 1 aromatic carbocycles. The zero-order valence-electron chi connectivity index (χ0n) is 21.0. The lowest BCUT2D eigenvalue weighted by molar-refractivity contribution is 0.0664. The summed E-state index contributed by atoms with van der Waals surface area (Å²) in [5.41, 5.74) is 4.76. The number of likely N-dealkylation sites (tertiary alicyclic amines) is 1. The summed E-state index contributed by atoms with van der Waals surface area (Å²) in [6.45, 7) is 3.81. The molecule has 1 N–H and O–H groups in total. The van der Waals surface area contributed by atoms with Crippen LogP contribution in [0.5, 0.6) is 0 Å². The Hall–Kier alpha value is -3.76. The monoisotopic (exact) mass is 497 g/mol. The summed E-state index contributed by atoms with van der Waals surface area (Å²) in [6, 6.07) is 13.3. The van der Waals surface area contributed by atoms with Gasteiger partial charge >= 0.3 is 0 Å². The van der Waals surface area contributed by atoms with Crippen molar-refractivity contribution in [3.63, 3.8) is 0 Å². The van der Waals surface area contributed by atoms with Crippen LogP contribution in [0.4, 0.5) is 11.6 Å². The van der Waals surface area contributed by atoms with E-state index in [2.05, 4.69) is 68.4 Å². The molecule has 2 saturated heterocycles. The summed E-state index contributed by atoms with van der Waals surface area (Å²) in [6.07, 6.45) is 10.3. The van der Waals surface area contributed by atoms with Crippen molar-refractivity contribution in [3.8, 4) is 11.3 Å². The fraction of sp³-hybridized carbons (Fsp3) is 0.407. The van der Waals surface area contributed by atoms with E-state index < -0.39 is 0 Å². The molecule has 6 heterocycles. The van der Waals surface area contributed by atoms with Crippen LogP contribution in [0.3, 0.4) is 0 Å². The molecule has 0 saturated carbocycles. The molecular formula is C27H31N9O. The maximum Gasteiger partial charge on any atom is 0.247 e. The minimum atomic E-state index is 0.404. The Morgan fingerprint density at radius 2 is 1.76 bits per heavy atom. The molecule has 2 aliphatic rings. The maximum atomic E-state index is 5.52. The van der Waals surface area contributed by atoms with E-state index in [9.17, 15) is 0 Å². The molecule has 2 aliphatic heterocycles. The summed E-state index contributed by atoms with van der Waals surface area (Å²) >= 11 is 0. The third kappa shape index (κ3) is 4.36. The zero-order chi connectivity index (χ0) is 24.8. The Labute approximate surface area is 214 Å². The highest BCUT2D eigenvalue weighted by molar-refractivity contribution is 5.84. The molecule has 10 heteroatoms. The van der Waals surface area contributed by atoms with Crippen molar-refractivity contribution in [2.75, 3.05) is 38.7 Å². The second kappa shape index (κ2) is 9.28. The van der Waals surface area contributed by atoms with E-state index >= 15 is 0 Å². The number of hydrogen-bond donors (Lipinski definition) is 1. The van der Waals surface area contributed by atoms with Gasteiger partial charge in [0, 0.05) is 36.6 Å². The van der Waals surface area contributed by atoms with Crippen LogP contribution in [-0.4, -0.2) is 72.4 Å². The van der Waals surface area contributed by atoms with Gasteiger partial charge in [0.15, 0.2) is 5.65 Å². The Kier molecular flexibility index (Phi) is 5.63. The van der Waals surface area contributed by atoms with Gasteiger partial charge in [-0.1, -0.05) is 12.1 Å². The lowest BCUT2D eigenvalue weighted by atomic mass is 10.1. The van der Waals surface area contributed by atoms with E-state index in [-0.39, 0.29) is 0 Å². The van der Waals surface area contributed by atoms with Crippen molar-refractivity contribution < 1.29 is 4.74 Å². The third-order valence-electron chi connectivity index (χ3n) is 7.66. The van der Waals surface area contributed by atoms with Gasteiger partial charge in [0.05, 0.1) is 35.2 Å². The van der Waals surface area contributed by atoms with Crippen LogP contribution >= 0.6 is 0 Å². The van der Waals surface area contributed by atoms with Crippen LogP contribution in [0, 0.1) is 0 Å². The lowest BCUT2D eigenvalue weighted by Gasteiger charge is -2.28. The number of nitrogens with one attached hydrogen (secondary N) is 1. The molecule has 37 heavy (non-hydrogen) atoms. The number of piperidine rings is 1. The first kappa shape index (κ1) is 22.4. The standard InChI is InChI=1S/C27H31N9O/c1-33-11-7-22(8-12-33)34-18-21(16-28-34)29-27-30-26-4-2-3-25(36(26)32-27)19-5-6-24-20(15-19)17-35(31-24)23-9-13-37-14-10-23/h2-6,15-18,22-23H,7-14H2,1H3,(H,29,32). The third-order valence-corrected chi connectivity index (χ3v) is 7.66. The number of rotatable bonds is 5. The second-order valence-corrected chi connectivity index (χ2v) is 10.2. The van der Waals surface area contributed by atoms with Crippen LogP contribution in [-0.2, 0) is 4.74 Å². The molecule has 4 aromatic heterocycles. The average Bonchev–Trinajstić information content (AvgIpc) is 3.67. The van der Waals surface area contributed by atoms with Gasteiger partial charge in [0.2, 0.25) is 5.95 Å². The van der Waals surface area contributed by atoms with Crippen molar-refractivity contribution in [2.24, 2.45) is 0 Å². The van der Waals surface area contributed by atoms with E-state index in [4.69, 9.17) is 19.9 Å². The lowest BCUT2D eigenvalue weighted by Crippen LogP contribution is -2.31. The van der Waals surface area contributed by atoms with Gasteiger partial charge in [-0.05, 0) is 70.1 Å². The molecule has 0 aliphatic carbocycles. The molecule has 5 aromatic rings. The first-order valence-corrected chi connectivity index (χ1v) is 13.1. The zero-order valence-corrected chi connectivity index (χ0v) is 21.0. The second-order valence-electron chi connectivity index (χ2n) is 10.2. The molecular weight excluding hydrogens is 466 g/mol. The number of benzene rings is 1. The highest BCUT2D eigenvalue weighted by atomic mass is 16.5. The van der Waals surface area contributed by atoms with Crippen molar-refractivity contribution >= 4 is 28.2 Å². The minimum Gasteiger partial charge on any atom is -0.381 e. The molecule has 0 unspecified atom stereocenters. The number of hydrogen-bond acceptors (Lipinski definition) is 7. The summed E-state index contributed by atoms with van der Waals surface area (Å²) in [4.78, 5) is 7.09. The molecule has 7 rings (SSSR count). The number of fused-ring (bicyclic) bond motifs is 2. The number of anilines is 2. The van der Waals surface area contributed by atoms with E-state index in [1.807, 2.05) is 22.8 Å². The average molecular weight is 498 g/mol. The SMILES string of the molecule is CN1CCC(n2cc(Nc3nc4cccc(-c5ccc6nn(C7CCOCC7)cc6c5)n4n3)cn2)CC1. The van der Waals surface area contributed by atoms with Crippen LogP contribution in [0.1, 0.15) is 37.8 Å². The van der Waals surface area contributed by atoms with Crippen LogP contribution in [0.15, 0.2) is 55.0 Å². The molecule has 2 fully saturated rings. The van der Waals surface area contributed by atoms with Gasteiger partial charge in [0.1, 0.15) is 0 Å². The van der Waals surface area contributed by atoms with Crippen molar-refractivity contribution in [2.45, 2.75) is 37.8 Å². The van der Waals surface area contributed by atoms with Gasteiger partial charge in [-0.2, -0.15) is 15.2 Å². The molecule has 10 nitrogen and oxygen atoms in total. The van der Waals surface area contributed by atoms with Gasteiger partial charge in [-0.3, -0.25) is 9.36 Å². The molecule has 0 spiro atoms. The van der Waals surface area contributed by atoms with Crippen LogP contribution < -0.4 is 5.32 Å². The quantitative estimate of drug-likeness (QED) is 0.387. The predicted molar refractivity (Wildman–Crippen MR) is 142 cm³/mol. The van der Waals surface area contributed by atoms with E-state index in [0.717, 1.165) is 85.5 Å². The maximum absolute atomic E-state index is 5.52. The highest BCUT2D eigenvalue weighted by Crippen LogP contribution is 2.28. The van der Waals surface area contributed by atoms with Crippen molar-refractivity contribution in [1.29, 1.82) is 0 Å². The first-order valence-electron chi connectivity index (χ1n) is 13.1. The van der Waals surface area contributed by atoms with Gasteiger partial charge < -0.3 is 15.0 Å². The fourth-order valence-corrected chi connectivity index (χ4v) is 5.51. The van der Waals surface area contributed by atoms with Crippen LogP contribution in [0.25, 0.3) is 27.8 Å². The molecule has 0 amide bonds. The summed E-state index contributed by atoms with van der Waals surface area (Å²) in [7, 11) is 2.17. The van der Waals surface area contributed by atoms with E-state index in [0.29, 0.717) is 18.0 Å². The molecule has 0 bridgehead atoms. The highest BCUT2D eigenvalue weighted by Gasteiger charge is 2.20. The Balaban J connectivity index is 1.15. The molecule has 0 atom stereocenters. The summed E-state index contributed by atoms with van der Waals surface area (Å²) < 4.78 is 11.6. The fourth-order valence-electron chi connectivity index (χ4n) is 5.51. The Morgan fingerprint density at radius 3 is 2.62 bits per heavy atom. The van der Waals surface area contributed by atoms with E-state index in [1.165, 1.54) is 0 Å². The van der Waals surface area contributed by atoms with Crippen LogP contribution in [0.2, 0.25) is 0 Å². The Bertz CT molecular complexity index is 1540. The first-order chi connectivity index (χ1) is 18.2. The normalized spacial score (nSPS) is 18.2. The minimum absolute atomic E-state index is 0.404. The van der Waals surface area contributed by atoms with Crippen molar-refractivity contribution in [1.82, 2.24) is 39.1 Å². The topological polar surface area (TPSA) is 90.3 Å². The summed E-state index contributed by atoms with van der Waals surface area (Å²) in [5.74, 6) is 0.559. The number of nitrogens with zero attached hydrogens (tertiary/aromatic N) is 8. The number of pyridine rings is 1. The summed E-state index contributed by atoms with van der Waals surface area (Å²) in [5, 5.41) is 18.7. The van der Waals surface area contributed by atoms with Gasteiger partial charge in [-0.25, -0.2) is 4.52 Å². The van der Waals surface area contributed by atoms with Gasteiger partial charge in [0.25, 0.3) is 0 Å². The number of aromatic nitrogens is 7. The van der Waals surface area contributed by atoms with Crippen molar-refractivity contribution in [3.05, 3.63) is 55.0 Å². The predicted octanol–water partition coefficient (Wildman–Crippen LogP) is 4.30. The smallest absolute Gasteiger partial charge is 0.247 e. The van der Waals surface area contributed by atoms with E-state index in [1.54, 1.807) is 0 Å². The number of ether oxygens (including phenoxy) is 1. The molecule has 0 radical (unpaired) electrons. The molecule has 190 valence electrons. The Morgan fingerprint density at radius 1 is 0.919 bits per heavy atom. The largest absolute Gasteiger partial charge is 0.381 e.